The van der Waals surface area contributed by atoms with Crippen LogP contribution in [0.4, 0.5) is 17.6 Å². The third kappa shape index (κ3) is 7.83. The zero-order valence-corrected chi connectivity index (χ0v) is 26.1. The molecule has 0 radical (unpaired) electrons. The van der Waals surface area contributed by atoms with Crippen LogP contribution in [0, 0.1) is 17.0 Å². The Morgan fingerprint density at radius 3 is 2.24 bits per heavy atom. The lowest BCUT2D eigenvalue weighted by Crippen LogP contribution is -2.43. The minimum atomic E-state index is -3.03. The smallest absolute Gasteiger partial charge is 0.257 e. The van der Waals surface area contributed by atoms with Crippen molar-refractivity contribution in [2.24, 2.45) is 5.41 Å². The number of halogens is 4. The van der Waals surface area contributed by atoms with Gasteiger partial charge in [-0.25, -0.2) is 17.6 Å². The lowest BCUT2D eigenvalue weighted by molar-refractivity contribution is -0.0246. The predicted octanol–water partition coefficient (Wildman–Crippen LogP) is 8.62. The van der Waals surface area contributed by atoms with Gasteiger partial charge in [0, 0.05) is 31.2 Å². The number of hydrogen-bond donors (Lipinski definition) is 1. The third-order valence-electron chi connectivity index (χ3n) is 9.91. The van der Waals surface area contributed by atoms with Crippen molar-refractivity contribution in [3.63, 3.8) is 0 Å². The molecular weight excluding hydrogens is 580 g/mol. The molecule has 2 fully saturated rings. The molecule has 1 aliphatic carbocycles. The fraction of sp³-hybridized carbons (Fsp3) is 0.514. The van der Waals surface area contributed by atoms with Crippen LogP contribution in [0.2, 0.25) is 0 Å². The number of nitrogens with one attached hydrogen (secondary N) is 1. The van der Waals surface area contributed by atoms with E-state index in [4.69, 9.17) is 9.47 Å². The van der Waals surface area contributed by atoms with Gasteiger partial charge in [0.2, 0.25) is 0 Å². The summed E-state index contributed by atoms with van der Waals surface area (Å²) in [5.41, 5.74) is 2.59. The van der Waals surface area contributed by atoms with E-state index in [-0.39, 0.29) is 24.0 Å². The number of hydrogen-bond acceptors (Lipinski definition) is 4. The molecule has 242 valence electrons. The Hall–Kier alpha value is -3.10. The van der Waals surface area contributed by atoms with Crippen molar-refractivity contribution >= 4 is 0 Å². The number of benzene rings is 3. The summed E-state index contributed by atoms with van der Waals surface area (Å²) in [6, 6.07) is 16.6. The zero-order valence-electron chi connectivity index (χ0n) is 26.1. The van der Waals surface area contributed by atoms with Gasteiger partial charge in [0.15, 0.2) is 0 Å². The van der Waals surface area contributed by atoms with E-state index in [1.807, 2.05) is 36.4 Å². The molecule has 1 saturated heterocycles. The summed E-state index contributed by atoms with van der Waals surface area (Å²) in [5, 5.41) is 3.48. The van der Waals surface area contributed by atoms with Crippen LogP contribution in [0.15, 0.2) is 60.7 Å². The third-order valence-corrected chi connectivity index (χ3v) is 9.91. The molecule has 2 aliphatic heterocycles. The Balaban J connectivity index is 1.21. The van der Waals surface area contributed by atoms with Gasteiger partial charge in [-0.15, -0.1) is 0 Å². The van der Waals surface area contributed by atoms with Crippen molar-refractivity contribution in [1.82, 2.24) is 10.2 Å². The number of rotatable bonds is 8. The molecule has 0 bridgehead atoms. The second-order valence-electron chi connectivity index (χ2n) is 13.4. The number of fused-ring (bicyclic) bond motifs is 1. The topological polar surface area (TPSA) is 33.7 Å². The Morgan fingerprint density at radius 2 is 1.58 bits per heavy atom. The molecule has 3 aromatic rings. The van der Waals surface area contributed by atoms with Gasteiger partial charge in [0.05, 0.1) is 18.7 Å². The van der Waals surface area contributed by atoms with Gasteiger partial charge in [0.1, 0.15) is 29.7 Å². The summed E-state index contributed by atoms with van der Waals surface area (Å²) in [5.74, 6) is -3.81. The lowest BCUT2D eigenvalue weighted by Gasteiger charge is -2.41. The Morgan fingerprint density at radius 1 is 0.889 bits per heavy atom. The summed E-state index contributed by atoms with van der Waals surface area (Å²) in [6.07, 6.45) is 9.01. The second-order valence-corrected chi connectivity index (χ2v) is 13.4. The summed E-state index contributed by atoms with van der Waals surface area (Å²) in [7, 11) is 0. The minimum Gasteiger partial charge on any atom is -0.490 e. The molecule has 1 N–H and O–H groups in total. The van der Waals surface area contributed by atoms with E-state index in [1.54, 1.807) is 12.1 Å². The molecule has 1 spiro atoms. The van der Waals surface area contributed by atoms with E-state index >= 15 is 8.78 Å². The highest BCUT2D eigenvalue weighted by Gasteiger charge is 2.39. The van der Waals surface area contributed by atoms with Crippen molar-refractivity contribution in [2.75, 3.05) is 26.2 Å². The highest BCUT2D eigenvalue weighted by molar-refractivity contribution is 5.46. The highest BCUT2D eigenvalue weighted by Crippen LogP contribution is 2.46. The molecule has 3 aromatic carbocycles. The Kier molecular flexibility index (Phi) is 9.71. The van der Waals surface area contributed by atoms with Crippen LogP contribution >= 0.6 is 0 Å². The molecule has 2 heterocycles. The number of ether oxygens (including phenoxy) is 2. The van der Waals surface area contributed by atoms with Gasteiger partial charge in [-0.05, 0) is 105 Å². The normalized spacial score (nSPS) is 21.1. The van der Waals surface area contributed by atoms with E-state index in [2.05, 4.69) is 5.32 Å². The van der Waals surface area contributed by atoms with Gasteiger partial charge < -0.3 is 14.8 Å². The minimum absolute atomic E-state index is 0.0937. The predicted molar refractivity (Wildman–Crippen MR) is 168 cm³/mol. The first-order valence-corrected chi connectivity index (χ1v) is 16.5. The standard InChI is InChI=1S/C37H44F4N2O2/c1-36(40,41)25-43-20-13-27-21-29(44-24-26-7-3-2-4-8-26)9-10-31(27)35(43)34-32(38)22-30(23-33(34)39)45-28-11-16-37(17-12-28)14-5-18-42-19-6-15-37/h2-4,7-10,21-23,28,35,42H,5-6,11-20,24-25H2,1H3. The number of nitrogens with zero attached hydrogens (tertiary/aromatic N) is 1. The van der Waals surface area contributed by atoms with Gasteiger partial charge >= 0.3 is 0 Å². The van der Waals surface area contributed by atoms with Crippen molar-refractivity contribution in [1.29, 1.82) is 0 Å². The number of alkyl halides is 2. The Labute approximate surface area is 264 Å². The van der Waals surface area contributed by atoms with Crippen molar-refractivity contribution in [2.45, 2.75) is 89.4 Å². The van der Waals surface area contributed by atoms with Crippen molar-refractivity contribution < 1.29 is 27.0 Å². The second kappa shape index (κ2) is 13.7. The molecule has 1 unspecified atom stereocenters. The van der Waals surface area contributed by atoms with E-state index in [9.17, 15) is 8.78 Å². The first-order valence-electron chi connectivity index (χ1n) is 16.5. The molecule has 0 aromatic heterocycles. The first-order chi connectivity index (χ1) is 21.7. The quantitative estimate of drug-likeness (QED) is 0.255. The summed E-state index contributed by atoms with van der Waals surface area (Å²) in [6.45, 7) is 2.97. The maximum absolute atomic E-state index is 15.9. The van der Waals surface area contributed by atoms with Gasteiger partial charge in [-0.1, -0.05) is 36.4 Å². The maximum atomic E-state index is 15.9. The van der Waals surface area contributed by atoms with Crippen LogP contribution in [0.5, 0.6) is 11.5 Å². The van der Waals surface area contributed by atoms with Gasteiger partial charge in [0.25, 0.3) is 5.92 Å². The Bertz CT molecular complexity index is 1400. The van der Waals surface area contributed by atoms with Crippen LogP contribution in [-0.4, -0.2) is 43.1 Å². The highest BCUT2D eigenvalue weighted by atomic mass is 19.3. The molecule has 45 heavy (non-hydrogen) atoms. The largest absolute Gasteiger partial charge is 0.490 e. The molecule has 8 heteroatoms. The van der Waals surface area contributed by atoms with E-state index < -0.39 is 30.1 Å². The zero-order chi connectivity index (χ0) is 31.4. The van der Waals surface area contributed by atoms with Crippen LogP contribution < -0.4 is 14.8 Å². The maximum Gasteiger partial charge on any atom is 0.257 e. The molecule has 0 amide bonds. The average molecular weight is 625 g/mol. The monoisotopic (exact) mass is 624 g/mol. The summed E-state index contributed by atoms with van der Waals surface area (Å²) in [4.78, 5) is 1.49. The fourth-order valence-corrected chi connectivity index (χ4v) is 7.68. The van der Waals surface area contributed by atoms with Gasteiger partial charge in [-0.2, -0.15) is 0 Å². The summed E-state index contributed by atoms with van der Waals surface area (Å²) < 4.78 is 72.7. The molecular formula is C37H44F4N2O2. The van der Waals surface area contributed by atoms with Crippen molar-refractivity contribution in [3.8, 4) is 11.5 Å². The molecule has 1 saturated carbocycles. The molecule has 1 atom stereocenters. The lowest BCUT2D eigenvalue weighted by atomic mass is 9.67. The molecule has 6 rings (SSSR count). The van der Waals surface area contributed by atoms with Crippen LogP contribution in [-0.2, 0) is 13.0 Å². The first kappa shape index (κ1) is 31.9. The van der Waals surface area contributed by atoms with Crippen LogP contribution in [0.1, 0.15) is 86.6 Å². The molecule has 4 nitrogen and oxygen atoms in total. The van der Waals surface area contributed by atoms with Crippen LogP contribution in [0.25, 0.3) is 0 Å². The van der Waals surface area contributed by atoms with Crippen molar-refractivity contribution in [3.05, 3.63) is 94.6 Å². The fourth-order valence-electron chi connectivity index (χ4n) is 7.68. The van der Waals surface area contributed by atoms with E-state index in [0.29, 0.717) is 29.8 Å². The van der Waals surface area contributed by atoms with Crippen LogP contribution in [0.3, 0.4) is 0 Å². The SMILES string of the molecule is CC(F)(F)CN1CCc2cc(OCc3ccccc3)ccc2C1c1c(F)cc(OC2CCC3(CCCNCCC3)CC2)cc1F. The molecule has 3 aliphatic rings. The van der Waals surface area contributed by atoms with E-state index in [0.717, 1.165) is 56.8 Å². The summed E-state index contributed by atoms with van der Waals surface area (Å²) >= 11 is 0. The van der Waals surface area contributed by atoms with Gasteiger partial charge in [-0.3, -0.25) is 4.90 Å². The van der Waals surface area contributed by atoms with E-state index in [1.165, 1.54) is 42.7 Å². The average Bonchev–Trinajstić information content (AvgIpc) is 2.99.